The van der Waals surface area contributed by atoms with Crippen molar-refractivity contribution in [2.24, 2.45) is 0 Å². The molecule has 3 N–H and O–H groups in total. The fourth-order valence-corrected chi connectivity index (χ4v) is 6.36. The Morgan fingerprint density at radius 2 is 1.54 bits per heavy atom. The summed E-state index contributed by atoms with van der Waals surface area (Å²) in [6.07, 6.45) is 8.42. The SMILES string of the molecule is COc1ccc(C2CCN(C(=O)N3CCC(Nc4ccc(CCNC(=O)O)cc4)CC3)CC2)cc1OC1CCCC1. The van der Waals surface area contributed by atoms with Crippen molar-refractivity contribution in [2.75, 3.05) is 45.2 Å². The Bertz CT molecular complexity index is 1150. The maximum atomic E-state index is 13.3. The molecule has 222 valence electrons. The smallest absolute Gasteiger partial charge is 0.404 e. The van der Waals surface area contributed by atoms with E-state index in [1.165, 1.54) is 18.4 Å². The minimum atomic E-state index is -0.996. The van der Waals surface area contributed by atoms with Crippen LogP contribution in [-0.2, 0) is 6.42 Å². The second-order valence-electron chi connectivity index (χ2n) is 11.6. The highest BCUT2D eigenvalue weighted by Gasteiger charge is 2.30. The number of nitrogens with zero attached hydrogens (tertiary/aromatic N) is 2. The van der Waals surface area contributed by atoms with E-state index in [2.05, 4.69) is 22.8 Å². The van der Waals surface area contributed by atoms with E-state index in [1.54, 1.807) is 7.11 Å². The van der Waals surface area contributed by atoms with Gasteiger partial charge in [0.25, 0.3) is 0 Å². The number of rotatable bonds is 9. The van der Waals surface area contributed by atoms with E-state index in [4.69, 9.17) is 14.6 Å². The molecule has 1 aliphatic carbocycles. The summed E-state index contributed by atoms with van der Waals surface area (Å²) in [6, 6.07) is 15.0. The molecule has 2 aromatic rings. The molecule has 3 amide bonds. The molecule has 0 atom stereocenters. The molecule has 2 saturated heterocycles. The van der Waals surface area contributed by atoms with Gasteiger partial charge in [-0.05, 0) is 99.1 Å². The number of piperidine rings is 2. The van der Waals surface area contributed by atoms with Gasteiger partial charge in [0, 0.05) is 44.5 Å². The number of carboxylic acid groups (broad SMARTS) is 1. The molecule has 2 aliphatic heterocycles. The van der Waals surface area contributed by atoms with Crippen molar-refractivity contribution in [1.29, 1.82) is 0 Å². The minimum absolute atomic E-state index is 0.168. The Labute approximate surface area is 243 Å². The summed E-state index contributed by atoms with van der Waals surface area (Å²) in [5, 5.41) is 14.7. The Morgan fingerprint density at radius 1 is 0.878 bits per heavy atom. The van der Waals surface area contributed by atoms with E-state index in [0.29, 0.717) is 24.9 Å². The molecule has 2 heterocycles. The fraction of sp³-hybridized carbons (Fsp3) is 0.562. The van der Waals surface area contributed by atoms with Crippen LogP contribution in [0.1, 0.15) is 68.4 Å². The molecule has 9 nitrogen and oxygen atoms in total. The van der Waals surface area contributed by atoms with Crippen LogP contribution in [0.15, 0.2) is 42.5 Å². The van der Waals surface area contributed by atoms with Gasteiger partial charge in [0.15, 0.2) is 11.5 Å². The number of hydrogen-bond donors (Lipinski definition) is 3. The zero-order chi connectivity index (χ0) is 28.6. The van der Waals surface area contributed by atoms with Gasteiger partial charge in [-0.25, -0.2) is 9.59 Å². The average molecular weight is 565 g/mol. The number of methoxy groups -OCH3 is 1. The number of hydrogen-bond acceptors (Lipinski definition) is 5. The van der Waals surface area contributed by atoms with Crippen LogP contribution in [0.3, 0.4) is 0 Å². The summed E-state index contributed by atoms with van der Waals surface area (Å²) in [4.78, 5) is 28.0. The molecular weight excluding hydrogens is 520 g/mol. The lowest BCUT2D eigenvalue weighted by Gasteiger charge is -2.39. The monoisotopic (exact) mass is 564 g/mol. The van der Waals surface area contributed by atoms with Crippen molar-refractivity contribution in [3.8, 4) is 11.5 Å². The standard InChI is InChI=1S/C32H44N4O5/c1-40-29-11-8-25(22-30(29)41-28-4-2-3-5-28)24-13-18-35(19-14-24)32(39)36-20-15-27(16-21-36)34-26-9-6-23(7-10-26)12-17-33-31(37)38/h6-11,22,24,27-28,33-34H,2-5,12-21H2,1H3,(H,37,38). The van der Waals surface area contributed by atoms with Gasteiger partial charge in [0.2, 0.25) is 0 Å². The number of likely N-dealkylation sites (tertiary alicyclic amines) is 2. The lowest BCUT2D eigenvalue weighted by atomic mass is 9.89. The lowest BCUT2D eigenvalue weighted by Crippen LogP contribution is -2.50. The van der Waals surface area contributed by atoms with Crippen molar-refractivity contribution in [2.45, 2.75) is 75.9 Å². The van der Waals surface area contributed by atoms with Gasteiger partial charge in [0.1, 0.15) is 0 Å². The molecule has 41 heavy (non-hydrogen) atoms. The van der Waals surface area contributed by atoms with E-state index < -0.39 is 6.09 Å². The first kappa shape index (κ1) is 28.9. The summed E-state index contributed by atoms with van der Waals surface area (Å²) in [5.41, 5.74) is 3.43. The largest absolute Gasteiger partial charge is 0.493 e. The van der Waals surface area contributed by atoms with Gasteiger partial charge in [0.05, 0.1) is 13.2 Å². The molecule has 1 saturated carbocycles. The van der Waals surface area contributed by atoms with Gasteiger partial charge in [-0.1, -0.05) is 18.2 Å². The van der Waals surface area contributed by atoms with Crippen LogP contribution in [0.2, 0.25) is 0 Å². The summed E-state index contributed by atoms with van der Waals surface area (Å²) in [5.74, 6) is 2.08. The number of carbonyl (C=O) groups excluding carboxylic acids is 1. The molecule has 0 unspecified atom stereocenters. The third-order valence-electron chi connectivity index (χ3n) is 8.80. The molecule has 0 radical (unpaired) electrons. The third kappa shape index (κ3) is 7.77. The second-order valence-corrected chi connectivity index (χ2v) is 11.6. The molecule has 0 spiro atoms. The number of anilines is 1. The van der Waals surface area contributed by atoms with E-state index in [1.807, 2.05) is 40.1 Å². The van der Waals surface area contributed by atoms with Crippen molar-refractivity contribution in [1.82, 2.24) is 15.1 Å². The summed E-state index contributed by atoms with van der Waals surface area (Å²) < 4.78 is 11.9. The van der Waals surface area contributed by atoms with E-state index in [-0.39, 0.29) is 12.1 Å². The zero-order valence-electron chi connectivity index (χ0n) is 24.1. The maximum Gasteiger partial charge on any atom is 0.404 e. The fourth-order valence-electron chi connectivity index (χ4n) is 6.36. The van der Waals surface area contributed by atoms with Gasteiger partial charge >= 0.3 is 12.1 Å². The lowest BCUT2D eigenvalue weighted by molar-refractivity contribution is 0.130. The normalized spacial score (nSPS) is 18.8. The van der Waals surface area contributed by atoms with Crippen molar-refractivity contribution < 1.29 is 24.2 Å². The van der Waals surface area contributed by atoms with E-state index in [9.17, 15) is 9.59 Å². The van der Waals surface area contributed by atoms with Crippen LogP contribution < -0.4 is 20.1 Å². The van der Waals surface area contributed by atoms with Crippen LogP contribution in [0.4, 0.5) is 15.3 Å². The first-order valence-electron chi connectivity index (χ1n) is 15.2. The predicted molar refractivity (Wildman–Crippen MR) is 159 cm³/mol. The Kier molecular flexibility index (Phi) is 9.75. The van der Waals surface area contributed by atoms with Crippen molar-refractivity contribution in [3.63, 3.8) is 0 Å². The Morgan fingerprint density at radius 3 is 2.17 bits per heavy atom. The first-order chi connectivity index (χ1) is 20.0. The number of amides is 3. The minimum Gasteiger partial charge on any atom is -0.493 e. The predicted octanol–water partition coefficient (Wildman–Crippen LogP) is 5.70. The van der Waals surface area contributed by atoms with Crippen molar-refractivity contribution in [3.05, 3.63) is 53.6 Å². The van der Waals surface area contributed by atoms with Crippen LogP contribution in [-0.4, -0.2) is 79.0 Å². The molecule has 3 fully saturated rings. The number of carbonyl (C=O) groups is 2. The van der Waals surface area contributed by atoms with Gasteiger partial charge in [-0.3, -0.25) is 0 Å². The highest BCUT2D eigenvalue weighted by molar-refractivity contribution is 5.74. The molecule has 5 rings (SSSR count). The molecule has 9 heteroatoms. The Balaban J connectivity index is 1.06. The number of urea groups is 1. The molecule has 0 aromatic heterocycles. The number of nitrogens with one attached hydrogen (secondary N) is 2. The topological polar surface area (TPSA) is 103 Å². The summed E-state index contributed by atoms with van der Waals surface area (Å²) >= 11 is 0. The highest BCUT2D eigenvalue weighted by atomic mass is 16.5. The molecule has 0 bridgehead atoms. The number of benzene rings is 2. The average Bonchev–Trinajstić information content (AvgIpc) is 3.51. The van der Waals surface area contributed by atoms with E-state index in [0.717, 1.165) is 87.5 Å². The number of ether oxygens (including phenoxy) is 2. The summed E-state index contributed by atoms with van der Waals surface area (Å²) in [7, 11) is 1.70. The zero-order valence-corrected chi connectivity index (χ0v) is 24.1. The quantitative estimate of drug-likeness (QED) is 0.361. The van der Waals surface area contributed by atoms with Crippen LogP contribution in [0, 0.1) is 0 Å². The highest BCUT2D eigenvalue weighted by Crippen LogP contribution is 2.37. The van der Waals surface area contributed by atoms with Crippen LogP contribution in [0.5, 0.6) is 11.5 Å². The van der Waals surface area contributed by atoms with Gasteiger partial charge in [-0.2, -0.15) is 0 Å². The van der Waals surface area contributed by atoms with Gasteiger partial charge in [-0.15, -0.1) is 0 Å². The van der Waals surface area contributed by atoms with Gasteiger partial charge < -0.3 is 35.0 Å². The van der Waals surface area contributed by atoms with Crippen molar-refractivity contribution >= 4 is 17.8 Å². The van der Waals surface area contributed by atoms with Crippen LogP contribution >= 0.6 is 0 Å². The third-order valence-corrected chi connectivity index (χ3v) is 8.80. The first-order valence-corrected chi connectivity index (χ1v) is 15.2. The molecule has 2 aromatic carbocycles. The molecule has 3 aliphatic rings. The maximum absolute atomic E-state index is 13.3. The molecular formula is C32H44N4O5. The van der Waals surface area contributed by atoms with E-state index >= 15 is 0 Å². The Hall–Kier alpha value is -3.62. The van der Waals surface area contributed by atoms with Crippen LogP contribution in [0.25, 0.3) is 0 Å². The second kappa shape index (κ2) is 13.8. The summed E-state index contributed by atoms with van der Waals surface area (Å²) in [6.45, 7) is 3.48.